The molecule has 0 fully saturated rings. The van der Waals surface area contributed by atoms with Gasteiger partial charge in [-0.1, -0.05) is 47.5 Å². The standard InChI is InChI=1S/C16H14ClN3/c1-11-6-5-7-12(10-11)16-18-15(19-20(16)2)13-8-3-4-9-14(13)17/h3-10H,1-2H3. The van der Waals surface area contributed by atoms with Gasteiger partial charge in [0.25, 0.3) is 0 Å². The molecule has 0 saturated carbocycles. The lowest BCUT2D eigenvalue weighted by Crippen LogP contribution is -1.94. The molecule has 0 radical (unpaired) electrons. The molecule has 0 spiro atoms. The van der Waals surface area contributed by atoms with Gasteiger partial charge in [-0.3, -0.25) is 0 Å². The molecule has 0 atom stereocenters. The van der Waals surface area contributed by atoms with E-state index >= 15 is 0 Å². The fourth-order valence-corrected chi connectivity index (χ4v) is 2.40. The lowest BCUT2D eigenvalue weighted by molar-refractivity contribution is 0.777. The number of hydrogen-bond donors (Lipinski definition) is 0. The molecule has 3 nitrogen and oxygen atoms in total. The third-order valence-electron chi connectivity index (χ3n) is 3.15. The van der Waals surface area contributed by atoms with Crippen LogP contribution in [0.25, 0.3) is 22.8 Å². The maximum Gasteiger partial charge on any atom is 0.183 e. The number of aromatic nitrogens is 3. The Kier molecular flexibility index (Phi) is 3.28. The van der Waals surface area contributed by atoms with Crippen LogP contribution in [0.1, 0.15) is 5.56 Å². The Hall–Kier alpha value is -2.13. The maximum absolute atomic E-state index is 6.20. The van der Waals surface area contributed by atoms with E-state index < -0.39 is 0 Å². The molecule has 0 aliphatic carbocycles. The van der Waals surface area contributed by atoms with Gasteiger partial charge in [-0.25, -0.2) is 9.67 Å². The van der Waals surface area contributed by atoms with Crippen LogP contribution in [0.2, 0.25) is 5.02 Å². The SMILES string of the molecule is Cc1cccc(-c2nc(-c3ccccc3Cl)nn2C)c1. The molecule has 0 unspecified atom stereocenters. The quantitative estimate of drug-likeness (QED) is 0.708. The van der Waals surface area contributed by atoms with E-state index in [1.807, 2.05) is 43.4 Å². The summed E-state index contributed by atoms with van der Waals surface area (Å²) in [4.78, 5) is 4.62. The number of halogens is 1. The monoisotopic (exact) mass is 283 g/mol. The molecule has 0 saturated heterocycles. The second kappa shape index (κ2) is 5.10. The molecule has 0 aliphatic rings. The highest BCUT2D eigenvalue weighted by Crippen LogP contribution is 2.27. The van der Waals surface area contributed by atoms with Crippen LogP contribution in [0, 0.1) is 6.92 Å². The maximum atomic E-state index is 6.20. The van der Waals surface area contributed by atoms with Crippen molar-refractivity contribution in [1.82, 2.24) is 14.8 Å². The van der Waals surface area contributed by atoms with Crippen LogP contribution >= 0.6 is 11.6 Å². The van der Waals surface area contributed by atoms with E-state index in [1.165, 1.54) is 5.56 Å². The minimum Gasteiger partial charge on any atom is -0.248 e. The fourth-order valence-electron chi connectivity index (χ4n) is 2.18. The molecule has 3 rings (SSSR count). The van der Waals surface area contributed by atoms with Gasteiger partial charge in [0.2, 0.25) is 0 Å². The molecule has 20 heavy (non-hydrogen) atoms. The van der Waals surface area contributed by atoms with Gasteiger partial charge >= 0.3 is 0 Å². The van der Waals surface area contributed by atoms with E-state index in [-0.39, 0.29) is 0 Å². The summed E-state index contributed by atoms with van der Waals surface area (Å²) in [6, 6.07) is 15.8. The zero-order valence-corrected chi connectivity index (χ0v) is 12.1. The summed E-state index contributed by atoms with van der Waals surface area (Å²) >= 11 is 6.20. The summed E-state index contributed by atoms with van der Waals surface area (Å²) in [5.41, 5.74) is 3.10. The summed E-state index contributed by atoms with van der Waals surface area (Å²) < 4.78 is 1.79. The average molecular weight is 284 g/mol. The van der Waals surface area contributed by atoms with Crippen molar-refractivity contribution in [3.63, 3.8) is 0 Å². The molecule has 3 aromatic rings. The summed E-state index contributed by atoms with van der Waals surface area (Å²) in [6.45, 7) is 2.06. The minimum atomic E-state index is 0.648. The van der Waals surface area contributed by atoms with Crippen LogP contribution in [0.4, 0.5) is 0 Å². The van der Waals surface area contributed by atoms with E-state index in [1.54, 1.807) is 4.68 Å². The van der Waals surface area contributed by atoms with Crippen LogP contribution in [0.3, 0.4) is 0 Å². The number of benzene rings is 2. The first-order valence-electron chi connectivity index (χ1n) is 6.38. The number of hydrogen-bond acceptors (Lipinski definition) is 2. The van der Waals surface area contributed by atoms with Crippen molar-refractivity contribution in [3.8, 4) is 22.8 Å². The van der Waals surface area contributed by atoms with Crippen LogP contribution in [0.5, 0.6) is 0 Å². The van der Waals surface area contributed by atoms with E-state index in [9.17, 15) is 0 Å². The lowest BCUT2D eigenvalue weighted by atomic mass is 10.1. The van der Waals surface area contributed by atoms with Crippen molar-refractivity contribution in [2.24, 2.45) is 7.05 Å². The number of aryl methyl sites for hydroxylation is 2. The van der Waals surface area contributed by atoms with Gasteiger partial charge in [0, 0.05) is 18.2 Å². The Morgan fingerprint density at radius 1 is 1.05 bits per heavy atom. The van der Waals surface area contributed by atoms with Crippen molar-refractivity contribution in [3.05, 3.63) is 59.1 Å². The van der Waals surface area contributed by atoms with Crippen LogP contribution in [0.15, 0.2) is 48.5 Å². The molecule has 0 bridgehead atoms. The molecule has 2 aromatic carbocycles. The third kappa shape index (κ3) is 2.32. The first kappa shape index (κ1) is 12.9. The summed E-state index contributed by atoms with van der Waals surface area (Å²) in [5.74, 6) is 1.48. The summed E-state index contributed by atoms with van der Waals surface area (Å²) in [6.07, 6.45) is 0. The van der Waals surface area contributed by atoms with Crippen LogP contribution in [-0.2, 0) is 7.05 Å². The third-order valence-corrected chi connectivity index (χ3v) is 3.48. The summed E-state index contributed by atoms with van der Waals surface area (Å²) in [7, 11) is 1.89. The Bertz CT molecular complexity index is 762. The van der Waals surface area contributed by atoms with Crippen LogP contribution < -0.4 is 0 Å². The second-order valence-electron chi connectivity index (χ2n) is 4.73. The predicted octanol–water partition coefficient (Wildman–Crippen LogP) is 4.11. The smallest absolute Gasteiger partial charge is 0.183 e. The predicted molar refractivity (Wildman–Crippen MR) is 81.6 cm³/mol. The van der Waals surface area contributed by atoms with Crippen LogP contribution in [-0.4, -0.2) is 14.8 Å². The topological polar surface area (TPSA) is 30.7 Å². The molecular formula is C16H14ClN3. The summed E-state index contributed by atoms with van der Waals surface area (Å²) in [5, 5.41) is 5.13. The first-order valence-corrected chi connectivity index (χ1v) is 6.76. The van der Waals surface area contributed by atoms with Crippen molar-refractivity contribution in [1.29, 1.82) is 0 Å². The molecule has 100 valence electrons. The first-order chi connectivity index (χ1) is 9.65. The van der Waals surface area contributed by atoms with Gasteiger partial charge in [0.1, 0.15) is 0 Å². The van der Waals surface area contributed by atoms with E-state index in [0.29, 0.717) is 10.8 Å². The Balaban J connectivity index is 2.10. The Morgan fingerprint density at radius 3 is 2.60 bits per heavy atom. The van der Waals surface area contributed by atoms with Gasteiger partial charge < -0.3 is 0 Å². The van der Waals surface area contributed by atoms with Crippen molar-refractivity contribution >= 4 is 11.6 Å². The molecular weight excluding hydrogens is 270 g/mol. The number of rotatable bonds is 2. The van der Waals surface area contributed by atoms with Gasteiger partial charge in [0.05, 0.1) is 5.02 Å². The van der Waals surface area contributed by atoms with Crippen molar-refractivity contribution in [2.45, 2.75) is 6.92 Å². The Morgan fingerprint density at radius 2 is 1.85 bits per heavy atom. The molecule has 1 heterocycles. The van der Waals surface area contributed by atoms with Crippen molar-refractivity contribution in [2.75, 3.05) is 0 Å². The number of nitrogens with zero attached hydrogens (tertiary/aromatic N) is 3. The Labute approximate surface area is 122 Å². The normalized spacial score (nSPS) is 10.8. The molecule has 1 aromatic heterocycles. The van der Waals surface area contributed by atoms with Gasteiger partial charge in [-0.05, 0) is 25.1 Å². The minimum absolute atomic E-state index is 0.648. The van der Waals surface area contributed by atoms with Crippen molar-refractivity contribution < 1.29 is 0 Å². The fraction of sp³-hybridized carbons (Fsp3) is 0.125. The van der Waals surface area contributed by atoms with E-state index in [2.05, 4.69) is 29.1 Å². The van der Waals surface area contributed by atoms with Gasteiger partial charge in [-0.2, -0.15) is 5.10 Å². The second-order valence-corrected chi connectivity index (χ2v) is 5.14. The average Bonchev–Trinajstić information content (AvgIpc) is 2.81. The lowest BCUT2D eigenvalue weighted by Gasteiger charge is -2.00. The van der Waals surface area contributed by atoms with E-state index in [0.717, 1.165) is 17.0 Å². The van der Waals surface area contributed by atoms with Gasteiger partial charge in [0.15, 0.2) is 11.6 Å². The molecule has 4 heteroatoms. The van der Waals surface area contributed by atoms with E-state index in [4.69, 9.17) is 11.6 Å². The highest BCUT2D eigenvalue weighted by atomic mass is 35.5. The molecule has 0 N–H and O–H groups in total. The highest BCUT2D eigenvalue weighted by molar-refractivity contribution is 6.33. The largest absolute Gasteiger partial charge is 0.248 e. The molecule has 0 amide bonds. The zero-order chi connectivity index (χ0) is 14.1. The molecule has 0 aliphatic heterocycles. The van der Waals surface area contributed by atoms with Gasteiger partial charge in [-0.15, -0.1) is 0 Å². The zero-order valence-electron chi connectivity index (χ0n) is 11.3. The highest BCUT2D eigenvalue weighted by Gasteiger charge is 2.13.